The molecule has 3 aromatic rings. The molecule has 10 heteroatoms. The molecular formula is C24H35N7O2S. The summed E-state index contributed by atoms with van der Waals surface area (Å²) in [7, 11) is 3.29. The Labute approximate surface area is 205 Å². The van der Waals surface area contributed by atoms with E-state index in [9.17, 15) is 0 Å². The topological polar surface area (TPSA) is 95.3 Å². The van der Waals surface area contributed by atoms with Gasteiger partial charge in [0.05, 0.1) is 25.4 Å². The van der Waals surface area contributed by atoms with Crippen molar-refractivity contribution >= 4 is 22.9 Å². The van der Waals surface area contributed by atoms with Crippen LogP contribution in [0, 0.1) is 5.41 Å². The second-order valence-electron chi connectivity index (χ2n) is 8.49. The molecule has 1 aliphatic rings. The van der Waals surface area contributed by atoms with Crippen LogP contribution in [0.3, 0.4) is 0 Å². The highest BCUT2D eigenvalue weighted by Gasteiger charge is 2.21. The Morgan fingerprint density at radius 3 is 2.53 bits per heavy atom. The van der Waals surface area contributed by atoms with Crippen LogP contribution < -0.4 is 15.0 Å². The molecule has 3 heterocycles. The summed E-state index contributed by atoms with van der Waals surface area (Å²) in [5.74, 6) is 1.50. The minimum Gasteiger partial charge on any atom is -0.497 e. The summed E-state index contributed by atoms with van der Waals surface area (Å²) >= 11 is 1.45. The van der Waals surface area contributed by atoms with Gasteiger partial charge in [-0.1, -0.05) is 13.8 Å². The number of aromatic amines is 1. The number of hydrogen-bond donors (Lipinski definition) is 2. The van der Waals surface area contributed by atoms with Crippen LogP contribution in [-0.2, 0) is 6.54 Å². The molecule has 1 aliphatic heterocycles. The Kier molecular flexibility index (Phi) is 8.12. The molecule has 0 unspecified atom stereocenters. The van der Waals surface area contributed by atoms with E-state index in [0.29, 0.717) is 16.7 Å². The molecule has 0 aliphatic carbocycles. The molecule has 1 saturated heterocycles. The first-order valence-corrected chi connectivity index (χ1v) is 12.7. The van der Waals surface area contributed by atoms with Gasteiger partial charge in [-0.15, -0.1) is 0 Å². The molecule has 0 saturated carbocycles. The molecule has 0 spiro atoms. The standard InChI is InChI=1S/C24H35N7O2S/c1-5-17(6-2)30-12-9-29(10-13-30)11-14-31-16-26-22(25)21-23(31)28-24(27-21)34-20-15-18(32-3)7-8-19(20)33-4/h7-8,15-17,25H,5-6,9-14H2,1-4H3,(H,27,28). The zero-order valence-corrected chi connectivity index (χ0v) is 21.3. The number of ether oxygens (including phenoxy) is 2. The summed E-state index contributed by atoms with van der Waals surface area (Å²) in [6.45, 7) is 10.7. The van der Waals surface area contributed by atoms with E-state index in [-0.39, 0.29) is 5.49 Å². The Balaban J connectivity index is 1.47. The van der Waals surface area contributed by atoms with Gasteiger partial charge < -0.3 is 19.0 Å². The summed E-state index contributed by atoms with van der Waals surface area (Å²) in [5.41, 5.74) is 1.59. The minimum atomic E-state index is 0.196. The summed E-state index contributed by atoms with van der Waals surface area (Å²) in [6.07, 6.45) is 4.17. The lowest BCUT2D eigenvalue weighted by atomic mass is 10.1. The number of methoxy groups -OCH3 is 2. The Bertz CT molecular complexity index is 1150. The molecule has 2 aromatic heterocycles. The predicted octanol–water partition coefficient (Wildman–Crippen LogP) is 3.21. The van der Waals surface area contributed by atoms with Crippen LogP contribution in [0.15, 0.2) is 34.6 Å². The third-order valence-electron chi connectivity index (χ3n) is 6.60. The van der Waals surface area contributed by atoms with E-state index in [1.165, 1.54) is 24.6 Å². The largest absolute Gasteiger partial charge is 0.497 e. The molecule has 0 amide bonds. The third-order valence-corrected chi connectivity index (χ3v) is 7.52. The lowest BCUT2D eigenvalue weighted by Gasteiger charge is -2.38. The van der Waals surface area contributed by atoms with Crippen LogP contribution in [0.1, 0.15) is 26.7 Å². The number of hydrogen-bond acceptors (Lipinski definition) is 8. The van der Waals surface area contributed by atoms with Gasteiger partial charge in [0.2, 0.25) is 0 Å². The van der Waals surface area contributed by atoms with Gasteiger partial charge in [0, 0.05) is 45.3 Å². The van der Waals surface area contributed by atoms with E-state index >= 15 is 0 Å². The molecule has 34 heavy (non-hydrogen) atoms. The number of nitrogens with zero attached hydrogens (tertiary/aromatic N) is 5. The highest BCUT2D eigenvalue weighted by atomic mass is 32.2. The van der Waals surface area contributed by atoms with Crippen molar-refractivity contribution < 1.29 is 9.47 Å². The maximum atomic E-state index is 8.26. The van der Waals surface area contributed by atoms with Crippen LogP contribution in [0.2, 0.25) is 0 Å². The molecule has 0 atom stereocenters. The van der Waals surface area contributed by atoms with Crippen molar-refractivity contribution in [2.24, 2.45) is 0 Å². The summed E-state index contributed by atoms with van der Waals surface area (Å²) in [6, 6.07) is 6.37. The fourth-order valence-corrected chi connectivity index (χ4v) is 5.47. The number of rotatable bonds is 10. The predicted molar refractivity (Wildman–Crippen MR) is 134 cm³/mol. The van der Waals surface area contributed by atoms with E-state index in [2.05, 4.69) is 33.6 Å². The lowest BCUT2D eigenvalue weighted by Crippen LogP contribution is -2.50. The van der Waals surface area contributed by atoms with Crippen molar-refractivity contribution in [3.8, 4) is 11.5 Å². The molecule has 0 bridgehead atoms. The first-order valence-electron chi connectivity index (χ1n) is 11.9. The monoisotopic (exact) mass is 485 g/mol. The fourth-order valence-electron chi connectivity index (χ4n) is 4.55. The van der Waals surface area contributed by atoms with Gasteiger partial charge in [-0.2, -0.15) is 0 Å². The quantitative estimate of drug-likeness (QED) is 0.455. The van der Waals surface area contributed by atoms with E-state index in [0.717, 1.165) is 61.3 Å². The molecule has 184 valence electrons. The molecule has 1 aromatic carbocycles. The highest BCUT2D eigenvalue weighted by molar-refractivity contribution is 7.99. The van der Waals surface area contributed by atoms with Gasteiger partial charge in [0.25, 0.3) is 0 Å². The van der Waals surface area contributed by atoms with E-state index in [4.69, 9.17) is 19.9 Å². The number of fused-ring (bicyclic) bond motifs is 1. The summed E-state index contributed by atoms with van der Waals surface area (Å²) < 4.78 is 12.9. The second kappa shape index (κ2) is 11.2. The number of benzene rings is 1. The SMILES string of the molecule is CCC(CC)N1CCN(CCn2cnc(=N)c3[nH]c(Sc4cc(OC)ccc4OC)nc32)CC1. The smallest absolute Gasteiger partial charge is 0.173 e. The fraction of sp³-hybridized carbons (Fsp3) is 0.542. The Morgan fingerprint density at radius 2 is 1.85 bits per heavy atom. The zero-order valence-electron chi connectivity index (χ0n) is 20.5. The average Bonchev–Trinajstić information content (AvgIpc) is 3.30. The molecule has 0 radical (unpaired) electrons. The normalized spacial score (nSPS) is 15.3. The molecule has 4 rings (SSSR count). The van der Waals surface area contributed by atoms with Crippen molar-refractivity contribution in [3.63, 3.8) is 0 Å². The Hall–Kier alpha value is -2.56. The molecule has 2 N–H and O–H groups in total. The van der Waals surface area contributed by atoms with Gasteiger partial charge in [0.1, 0.15) is 17.0 Å². The number of imidazole rings is 1. The van der Waals surface area contributed by atoms with Crippen molar-refractivity contribution in [2.75, 3.05) is 46.9 Å². The molecule has 1 fully saturated rings. The van der Waals surface area contributed by atoms with Crippen molar-refractivity contribution in [2.45, 2.75) is 49.3 Å². The van der Waals surface area contributed by atoms with Crippen molar-refractivity contribution in [1.82, 2.24) is 29.3 Å². The summed E-state index contributed by atoms with van der Waals surface area (Å²) in [4.78, 5) is 18.4. The average molecular weight is 486 g/mol. The third kappa shape index (κ3) is 5.39. The first kappa shape index (κ1) is 24.6. The molecular weight excluding hydrogens is 450 g/mol. The minimum absolute atomic E-state index is 0.196. The van der Waals surface area contributed by atoms with Gasteiger partial charge in [-0.25, -0.2) is 9.97 Å². The maximum absolute atomic E-state index is 8.26. The van der Waals surface area contributed by atoms with E-state index < -0.39 is 0 Å². The molecule has 9 nitrogen and oxygen atoms in total. The number of nitrogens with one attached hydrogen (secondary N) is 2. The Morgan fingerprint density at radius 1 is 1.09 bits per heavy atom. The maximum Gasteiger partial charge on any atom is 0.173 e. The van der Waals surface area contributed by atoms with Crippen molar-refractivity contribution in [1.29, 1.82) is 5.41 Å². The van der Waals surface area contributed by atoms with Crippen LogP contribution in [-0.4, -0.2) is 82.3 Å². The van der Waals surface area contributed by atoms with Crippen LogP contribution in [0.5, 0.6) is 11.5 Å². The zero-order chi connectivity index (χ0) is 24.1. The van der Waals surface area contributed by atoms with Crippen LogP contribution >= 0.6 is 11.8 Å². The number of H-pyrrole nitrogens is 1. The van der Waals surface area contributed by atoms with Gasteiger partial charge in [0.15, 0.2) is 16.3 Å². The lowest BCUT2D eigenvalue weighted by molar-refractivity contribution is 0.0902. The summed E-state index contributed by atoms with van der Waals surface area (Å²) in [5, 5.41) is 8.95. The second-order valence-corrected chi connectivity index (χ2v) is 9.52. The first-order chi connectivity index (χ1) is 16.6. The van der Waals surface area contributed by atoms with Gasteiger partial charge >= 0.3 is 0 Å². The van der Waals surface area contributed by atoms with Crippen LogP contribution in [0.4, 0.5) is 0 Å². The highest BCUT2D eigenvalue weighted by Crippen LogP contribution is 2.36. The van der Waals surface area contributed by atoms with Crippen LogP contribution in [0.25, 0.3) is 11.2 Å². The van der Waals surface area contributed by atoms with Gasteiger partial charge in [-0.05, 0) is 42.8 Å². The number of aromatic nitrogens is 4. The van der Waals surface area contributed by atoms with E-state index in [1.807, 2.05) is 22.8 Å². The van der Waals surface area contributed by atoms with Gasteiger partial charge in [-0.3, -0.25) is 15.2 Å². The van der Waals surface area contributed by atoms with E-state index in [1.54, 1.807) is 20.5 Å². The number of piperazine rings is 1. The van der Waals surface area contributed by atoms with Crippen molar-refractivity contribution in [3.05, 3.63) is 30.0 Å².